The van der Waals surface area contributed by atoms with E-state index in [0.717, 1.165) is 41.1 Å². The van der Waals surface area contributed by atoms with E-state index in [0.29, 0.717) is 13.1 Å². The molecule has 0 atom stereocenters. The lowest BCUT2D eigenvalue weighted by atomic mass is 9.80. The Bertz CT molecular complexity index is 1580. The predicted octanol–water partition coefficient (Wildman–Crippen LogP) is 5.05. The summed E-state index contributed by atoms with van der Waals surface area (Å²) in [5.41, 5.74) is 3.02. The number of aliphatic carboxylic acids is 2. The van der Waals surface area contributed by atoms with Gasteiger partial charge in [-0.05, 0) is 27.8 Å². The largest absolute Gasteiger partial charge is 0.481 e. The Hall–Kier alpha value is -4.39. The van der Waals surface area contributed by atoms with Crippen molar-refractivity contribution < 1.29 is 24.4 Å². The Labute approximate surface area is 228 Å². The number of hydrogen-bond acceptors (Lipinski definition) is 4. The normalized spacial score (nSPS) is 17.7. The smallest absolute Gasteiger partial charge is 0.307 e. The third kappa shape index (κ3) is 5.04. The fraction of sp³-hybridized carbons (Fsp3) is 0.281. The van der Waals surface area contributed by atoms with Gasteiger partial charge in [-0.3, -0.25) is 19.5 Å². The number of anilines is 1. The minimum atomic E-state index is -0.822. The molecular formula is C32H34N3O4+. The molecule has 0 aromatic heterocycles. The quantitative estimate of drug-likeness (QED) is 0.206. The van der Waals surface area contributed by atoms with Gasteiger partial charge in [0.15, 0.2) is 0 Å². The molecule has 2 aliphatic heterocycles. The van der Waals surface area contributed by atoms with E-state index in [9.17, 15) is 14.7 Å². The lowest BCUT2D eigenvalue weighted by Gasteiger charge is -2.26. The Morgan fingerprint density at radius 2 is 1.56 bits per heavy atom. The number of benzene rings is 3. The molecule has 0 aliphatic carbocycles. The molecule has 0 unspecified atom stereocenters. The van der Waals surface area contributed by atoms with Crippen molar-refractivity contribution in [1.82, 2.24) is 5.32 Å². The van der Waals surface area contributed by atoms with Gasteiger partial charge in [-0.2, -0.15) is 0 Å². The maximum absolute atomic E-state index is 11.6. The second-order valence-corrected chi connectivity index (χ2v) is 10.5. The highest BCUT2D eigenvalue weighted by atomic mass is 16.4. The average molecular weight is 525 g/mol. The summed E-state index contributed by atoms with van der Waals surface area (Å²) >= 11 is 0. The summed E-state index contributed by atoms with van der Waals surface area (Å²) in [7, 11) is 0. The summed E-state index contributed by atoms with van der Waals surface area (Å²) in [6, 6.07) is 16.8. The molecule has 0 fully saturated rings. The predicted molar refractivity (Wildman–Crippen MR) is 156 cm³/mol. The van der Waals surface area contributed by atoms with Gasteiger partial charge in [-0.1, -0.05) is 80.6 Å². The van der Waals surface area contributed by atoms with Crippen LogP contribution in [-0.4, -0.2) is 58.7 Å². The van der Waals surface area contributed by atoms with Crippen LogP contribution in [0.3, 0.4) is 0 Å². The highest BCUT2D eigenvalue weighted by Crippen LogP contribution is 2.54. The van der Waals surface area contributed by atoms with Gasteiger partial charge in [-0.25, -0.2) is 0 Å². The molecule has 0 amide bonds. The van der Waals surface area contributed by atoms with Crippen molar-refractivity contribution in [3.05, 3.63) is 90.2 Å². The minimum Gasteiger partial charge on any atom is -0.481 e. The van der Waals surface area contributed by atoms with Crippen LogP contribution in [0.4, 0.5) is 5.69 Å². The Kier molecular flexibility index (Phi) is 7.24. The van der Waals surface area contributed by atoms with Crippen molar-refractivity contribution in [2.24, 2.45) is 0 Å². The Balaban J connectivity index is 1.54. The van der Waals surface area contributed by atoms with Gasteiger partial charge in [0.1, 0.15) is 13.1 Å². The number of carboxylic acids is 2. The maximum atomic E-state index is 11.6. The summed E-state index contributed by atoms with van der Waals surface area (Å²) in [6.45, 7) is 6.85. The molecule has 2 aliphatic rings. The molecule has 3 aromatic rings. The number of fused-ring (bicyclic) bond motifs is 6. The topological polar surface area (TPSA) is 92.9 Å². The van der Waals surface area contributed by atoms with Crippen LogP contribution in [0.5, 0.6) is 0 Å². The van der Waals surface area contributed by atoms with Crippen LogP contribution in [0.15, 0.2) is 84.6 Å². The van der Waals surface area contributed by atoms with Crippen molar-refractivity contribution >= 4 is 45.0 Å². The van der Waals surface area contributed by atoms with Crippen LogP contribution in [0.1, 0.15) is 32.3 Å². The molecule has 7 nitrogen and oxygen atoms in total. The lowest BCUT2D eigenvalue weighted by Crippen LogP contribution is -2.28. The third-order valence-corrected chi connectivity index (χ3v) is 7.64. The van der Waals surface area contributed by atoms with Gasteiger partial charge < -0.3 is 15.1 Å². The molecule has 3 N–H and O–H groups in total. The van der Waals surface area contributed by atoms with E-state index >= 15 is 0 Å². The van der Waals surface area contributed by atoms with Crippen molar-refractivity contribution in [3.63, 3.8) is 0 Å². The van der Waals surface area contributed by atoms with Gasteiger partial charge in [0.25, 0.3) is 5.84 Å². The number of nitrogens with zero attached hydrogens (tertiary/aromatic N) is 2. The molecule has 3 aromatic carbocycles. The van der Waals surface area contributed by atoms with Crippen molar-refractivity contribution in [2.45, 2.75) is 32.1 Å². The first-order valence-corrected chi connectivity index (χ1v) is 13.4. The molecule has 200 valence electrons. The van der Waals surface area contributed by atoms with Gasteiger partial charge in [0.2, 0.25) is 0 Å². The molecule has 0 saturated heterocycles. The van der Waals surface area contributed by atoms with Crippen LogP contribution < -0.4 is 10.2 Å². The van der Waals surface area contributed by atoms with E-state index in [-0.39, 0.29) is 18.3 Å². The SMILES string of the molecule is CC1(C)C(=CC=CC=CC2=[N+](CCC(=O)O)CCN2)N(CCC(=O)O)c2c1c1ccccc1c1ccccc21. The highest BCUT2D eigenvalue weighted by Gasteiger charge is 2.42. The summed E-state index contributed by atoms with van der Waals surface area (Å²) in [6.07, 6.45) is 10.1. The fourth-order valence-electron chi connectivity index (χ4n) is 5.90. The third-order valence-electron chi connectivity index (χ3n) is 7.64. The Morgan fingerprint density at radius 3 is 2.26 bits per heavy atom. The Morgan fingerprint density at radius 1 is 0.923 bits per heavy atom. The zero-order valence-electron chi connectivity index (χ0n) is 22.4. The molecule has 0 bridgehead atoms. The lowest BCUT2D eigenvalue weighted by molar-refractivity contribution is -0.516. The van der Waals surface area contributed by atoms with E-state index in [4.69, 9.17) is 5.11 Å². The number of rotatable bonds is 9. The van der Waals surface area contributed by atoms with Gasteiger partial charge in [-0.15, -0.1) is 0 Å². The van der Waals surface area contributed by atoms with Crippen LogP contribution in [0.2, 0.25) is 0 Å². The molecule has 7 heteroatoms. The first kappa shape index (κ1) is 26.2. The molecule has 0 radical (unpaired) electrons. The van der Waals surface area contributed by atoms with Crippen LogP contribution >= 0.6 is 0 Å². The van der Waals surface area contributed by atoms with Gasteiger partial charge >= 0.3 is 11.9 Å². The molecule has 39 heavy (non-hydrogen) atoms. The summed E-state index contributed by atoms with van der Waals surface area (Å²) < 4.78 is 2.04. The van der Waals surface area contributed by atoms with Crippen LogP contribution in [-0.2, 0) is 15.0 Å². The second kappa shape index (κ2) is 10.8. The summed E-state index contributed by atoms with van der Waals surface area (Å²) in [5, 5.41) is 26.5. The minimum absolute atomic E-state index is 0.0355. The highest BCUT2D eigenvalue weighted by molar-refractivity contribution is 6.17. The molecule has 5 rings (SSSR count). The van der Waals surface area contributed by atoms with Gasteiger partial charge in [0.05, 0.1) is 25.1 Å². The zero-order chi connectivity index (χ0) is 27.6. The van der Waals surface area contributed by atoms with E-state index < -0.39 is 11.9 Å². The molecular weight excluding hydrogens is 490 g/mol. The average Bonchev–Trinajstić information content (AvgIpc) is 3.45. The van der Waals surface area contributed by atoms with Gasteiger partial charge in [0, 0.05) is 29.1 Å². The first-order valence-electron chi connectivity index (χ1n) is 13.4. The molecule has 2 heterocycles. The number of hydrogen-bond donors (Lipinski definition) is 3. The number of carboxylic acid groups (broad SMARTS) is 2. The van der Waals surface area contributed by atoms with Crippen molar-refractivity contribution in [2.75, 3.05) is 31.1 Å². The van der Waals surface area contributed by atoms with E-state index in [1.807, 2.05) is 34.9 Å². The monoisotopic (exact) mass is 524 g/mol. The standard InChI is InChI=1S/C32H33N3O4/c1-32(2)26(14-4-3-5-15-27-33-18-21-34(27)19-16-28(36)37)35(20-17-29(38)39)31-25-13-9-7-11-23(25)22-10-6-8-12-24(22)30(31)32/h3-15H,16-21H2,1-2H3,(H2,36,37,38,39)/p+1. The van der Waals surface area contributed by atoms with Crippen molar-refractivity contribution in [1.29, 1.82) is 0 Å². The van der Waals surface area contributed by atoms with E-state index in [1.165, 1.54) is 16.3 Å². The second-order valence-electron chi connectivity index (χ2n) is 10.5. The van der Waals surface area contributed by atoms with Crippen LogP contribution in [0, 0.1) is 0 Å². The van der Waals surface area contributed by atoms with E-state index in [1.54, 1.807) is 0 Å². The maximum Gasteiger partial charge on any atom is 0.307 e. The zero-order valence-corrected chi connectivity index (χ0v) is 22.4. The number of nitrogens with one attached hydrogen (secondary N) is 1. The molecule has 0 saturated carbocycles. The summed E-state index contributed by atoms with van der Waals surface area (Å²) in [5.74, 6) is -0.703. The van der Waals surface area contributed by atoms with Crippen molar-refractivity contribution in [3.8, 4) is 0 Å². The molecule has 0 spiro atoms. The van der Waals surface area contributed by atoms with Crippen LogP contribution in [0.25, 0.3) is 21.5 Å². The number of allylic oxidation sites excluding steroid dienone is 5. The number of carbonyl (C=O) groups is 2. The number of amidine groups is 1. The fourth-order valence-corrected chi connectivity index (χ4v) is 5.90. The van der Waals surface area contributed by atoms with E-state index in [2.05, 4.69) is 72.6 Å². The summed E-state index contributed by atoms with van der Waals surface area (Å²) in [4.78, 5) is 24.8. The first-order chi connectivity index (χ1) is 18.8.